The Balaban J connectivity index is 2.30. The Labute approximate surface area is 122 Å². The molecule has 1 aromatic carbocycles. The minimum Gasteiger partial charge on any atom is -0.480 e. The summed E-state index contributed by atoms with van der Waals surface area (Å²) < 4.78 is 6.27. The van der Waals surface area contributed by atoms with Gasteiger partial charge in [-0.3, -0.25) is 4.79 Å². The zero-order valence-corrected chi connectivity index (χ0v) is 11.4. The number of carboxylic acid groups (broad SMARTS) is 1. The van der Waals surface area contributed by atoms with E-state index in [0.29, 0.717) is 32.6 Å². The number of hydrogen-bond donors (Lipinski definition) is 1. The molecule has 2 aromatic heterocycles. The van der Waals surface area contributed by atoms with E-state index in [4.69, 9.17) is 32.8 Å². The number of halogens is 2. The number of hydrogen-bond acceptors (Lipinski definition) is 4. The van der Waals surface area contributed by atoms with E-state index in [1.165, 1.54) is 10.8 Å². The van der Waals surface area contributed by atoms with Gasteiger partial charge < -0.3 is 14.2 Å². The largest absolute Gasteiger partial charge is 0.480 e. The van der Waals surface area contributed by atoms with Gasteiger partial charge in [-0.15, -0.1) is 0 Å². The number of nitrogens with zero attached hydrogens (tertiary/aromatic N) is 3. The van der Waals surface area contributed by atoms with Crippen molar-refractivity contribution in [1.82, 2.24) is 14.7 Å². The number of aromatic nitrogens is 3. The van der Waals surface area contributed by atoms with Crippen LogP contribution in [-0.4, -0.2) is 25.8 Å². The second-order valence-electron chi connectivity index (χ2n) is 4.06. The van der Waals surface area contributed by atoms with Gasteiger partial charge in [0.2, 0.25) is 0 Å². The zero-order chi connectivity index (χ0) is 14.3. The molecule has 0 fully saturated rings. The molecule has 0 radical (unpaired) electrons. The number of fused-ring (bicyclic) bond motifs is 1. The van der Waals surface area contributed by atoms with Crippen LogP contribution in [-0.2, 0) is 11.3 Å². The van der Waals surface area contributed by atoms with Gasteiger partial charge in [0.05, 0.1) is 21.1 Å². The SMILES string of the molecule is O=C(O)Cn1c(-c2ccon2)nc2cc(Cl)c(Cl)cc21. The molecule has 0 saturated heterocycles. The number of rotatable bonds is 3. The molecule has 0 aliphatic heterocycles. The minimum atomic E-state index is -1.000. The van der Waals surface area contributed by atoms with Crippen LogP contribution in [0, 0.1) is 0 Å². The van der Waals surface area contributed by atoms with Crippen LogP contribution in [0.3, 0.4) is 0 Å². The van der Waals surface area contributed by atoms with E-state index in [0.717, 1.165) is 0 Å². The fourth-order valence-electron chi connectivity index (χ4n) is 1.94. The van der Waals surface area contributed by atoms with Crippen molar-refractivity contribution in [2.75, 3.05) is 0 Å². The van der Waals surface area contributed by atoms with Gasteiger partial charge in [-0.2, -0.15) is 0 Å². The number of benzene rings is 1. The van der Waals surface area contributed by atoms with Gasteiger partial charge in [-0.25, -0.2) is 4.98 Å². The zero-order valence-electron chi connectivity index (χ0n) is 9.88. The van der Waals surface area contributed by atoms with Gasteiger partial charge in [0, 0.05) is 6.07 Å². The fourth-order valence-corrected chi connectivity index (χ4v) is 2.25. The highest BCUT2D eigenvalue weighted by atomic mass is 35.5. The first-order valence-electron chi connectivity index (χ1n) is 5.54. The molecule has 3 aromatic rings. The molecule has 0 aliphatic rings. The van der Waals surface area contributed by atoms with Crippen LogP contribution in [0.25, 0.3) is 22.6 Å². The summed E-state index contributed by atoms with van der Waals surface area (Å²) in [6.07, 6.45) is 1.39. The Morgan fingerprint density at radius 2 is 2.10 bits per heavy atom. The van der Waals surface area contributed by atoms with Crippen molar-refractivity contribution >= 4 is 40.2 Å². The summed E-state index contributed by atoms with van der Waals surface area (Å²) >= 11 is 11.9. The molecule has 8 heteroatoms. The van der Waals surface area contributed by atoms with Crippen LogP contribution in [0.4, 0.5) is 0 Å². The first-order chi connectivity index (χ1) is 9.56. The molecule has 20 heavy (non-hydrogen) atoms. The maximum atomic E-state index is 11.0. The van der Waals surface area contributed by atoms with Crippen LogP contribution in [0.5, 0.6) is 0 Å². The topological polar surface area (TPSA) is 81.1 Å². The molecule has 0 bridgehead atoms. The second kappa shape index (κ2) is 4.81. The Morgan fingerprint density at radius 3 is 2.75 bits per heavy atom. The molecule has 0 amide bonds. The molecule has 0 saturated carbocycles. The lowest BCUT2D eigenvalue weighted by Gasteiger charge is -2.04. The number of carbonyl (C=O) groups is 1. The first-order valence-corrected chi connectivity index (χ1v) is 6.29. The maximum Gasteiger partial charge on any atom is 0.323 e. The quantitative estimate of drug-likeness (QED) is 0.803. The number of imidazole rings is 1. The van der Waals surface area contributed by atoms with Gasteiger partial charge in [0.1, 0.15) is 18.5 Å². The van der Waals surface area contributed by atoms with Gasteiger partial charge in [-0.1, -0.05) is 28.4 Å². The minimum absolute atomic E-state index is 0.267. The smallest absolute Gasteiger partial charge is 0.323 e. The summed E-state index contributed by atoms with van der Waals surface area (Å²) in [6, 6.07) is 4.77. The monoisotopic (exact) mass is 311 g/mol. The van der Waals surface area contributed by atoms with Crippen LogP contribution >= 0.6 is 23.2 Å². The summed E-state index contributed by atoms with van der Waals surface area (Å²) in [4.78, 5) is 15.4. The molecule has 0 atom stereocenters. The van der Waals surface area contributed by atoms with Crippen LogP contribution in [0.1, 0.15) is 0 Å². The average molecular weight is 312 g/mol. The van der Waals surface area contributed by atoms with E-state index >= 15 is 0 Å². The van der Waals surface area contributed by atoms with Gasteiger partial charge in [0.25, 0.3) is 0 Å². The Morgan fingerprint density at radius 1 is 1.35 bits per heavy atom. The van der Waals surface area contributed by atoms with Crippen LogP contribution in [0.2, 0.25) is 10.0 Å². The predicted molar refractivity (Wildman–Crippen MR) is 72.9 cm³/mol. The molecule has 0 spiro atoms. The molecule has 0 unspecified atom stereocenters. The van der Waals surface area contributed by atoms with Crippen molar-refractivity contribution in [2.24, 2.45) is 0 Å². The second-order valence-corrected chi connectivity index (χ2v) is 4.87. The summed E-state index contributed by atoms with van der Waals surface area (Å²) in [5.41, 5.74) is 1.55. The van der Waals surface area contributed by atoms with Crippen molar-refractivity contribution in [3.63, 3.8) is 0 Å². The van der Waals surface area contributed by atoms with Gasteiger partial charge >= 0.3 is 5.97 Å². The van der Waals surface area contributed by atoms with Gasteiger partial charge in [-0.05, 0) is 12.1 Å². The van der Waals surface area contributed by atoms with E-state index in [9.17, 15) is 4.79 Å². The van der Waals surface area contributed by atoms with Crippen molar-refractivity contribution in [3.05, 3.63) is 34.5 Å². The Bertz CT molecular complexity index is 796. The van der Waals surface area contributed by atoms with Crippen molar-refractivity contribution < 1.29 is 14.4 Å². The third kappa shape index (κ3) is 2.13. The molecule has 3 rings (SSSR count). The lowest BCUT2D eigenvalue weighted by molar-refractivity contribution is -0.137. The van der Waals surface area contributed by atoms with E-state index < -0.39 is 5.97 Å². The fraction of sp³-hybridized carbons (Fsp3) is 0.0833. The average Bonchev–Trinajstić information content (AvgIpc) is 2.99. The van der Waals surface area contributed by atoms with Crippen molar-refractivity contribution in [1.29, 1.82) is 0 Å². The highest BCUT2D eigenvalue weighted by molar-refractivity contribution is 6.42. The van der Waals surface area contributed by atoms with Crippen LogP contribution in [0.15, 0.2) is 29.0 Å². The predicted octanol–water partition coefficient (Wildman–Crippen LogP) is 3.08. The highest BCUT2D eigenvalue weighted by Gasteiger charge is 2.18. The number of aliphatic carboxylic acids is 1. The molecular weight excluding hydrogens is 305 g/mol. The lowest BCUT2D eigenvalue weighted by Crippen LogP contribution is -2.10. The van der Waals surface area contributed by atoms with Crippen molar-refractivity contribution in [3.8, 4) is 11.5 Å². The molecular formula is C12H7Cl2N3O3. The summed E-state index contributed by atoms with van der Waals surface area (Å²) in [5, 5.41) is 13.5. The number of carboxylic acids is 1. The van der Waals surface area contributed by atoms with Gasteiger partial charge in [0.15, 0.2) is 5.82 Å². The van der Waals surface area contributed by atoms with E-state index in [2.05, 4.69) is 10.1 Å². The van der Waals surface area contributed by atoms with Crippen molar-refractivity contribution in [2.45, 2.75) is 6.54 Å². The normalized spacial score (nSPS) is 11.1. The molecule has 6 nitrogen and oxygen atoms in total. The Kier molecular flexibility index (Phi) is 3.11. The first kappa shape index (κ1) is 13.0. The third-order valence-electron chi connectivity index (χ3n) is 2.75. The lowest BCUT2D eigenvalue weighted by atomic mass is 10.3. The molecule has 102 valence electrons. The summed E-state index contributed by atoms with van der Waals surface area (Å²) in [6.45, 7) is -0.267. The van der Waals surface area contributed by atoms with Crippen LogP contribution < -0.4 is 0 Å². The van der Waals surface area contributed by atoms with E-state index in [1.54, 1.807) is 18.2 Å². The Hall–Kier alpha value is -2.05. The molecule has 1 N–H and O–H groups in total. The summed E-state index contributed by atoms with van der Waals surface area (Å²) in [5.74, 6) is -0.616. The molecule has 0 aliphatic carbocycles. The van der Waals surface area contributed by atoms with E-state index in [1.807, 2.05) is 0 Å². The maximum absolute atomic E-state index is 11.0. The highest BCUT2D eigenvalue weighted by Crippen LogP contribution is 2.30. The standard InChI is InChI=1S/C12H7Cl2N3O3/c13-6-3-9-10(4-7(6)14)17(5-11(18)19)12(15-9)8-1-2-20-16-8/h1-4H,5H2,(H,18,19). The third-order valence-corrected chi connectivity index (χ3v) is 3.47. The van der Waals surface area contributed by atoms with E-state index in [-0.39, 0.29) is 6.54 Å². The molecule has 2 heterocycles. The summed E-state index contributed by atoms with van der Waals surface area (Å²) in [7, 11) is 0.